The minimum Gasteiger partial charge on any atom is -0.272 e. The maximum Gasteiger partial charge on any atom is 0.250 e. The molecular formula is C17H16Cl2N2OS. The number of aryl methyl sites for hydroxylation is 1. The van der Waals surface area contributed by atoms with E-state index >= 15 is 0 Å². The summed E-state index contributed by atoms with van der Waals surface area (Å²) in [6.45, 7) is 2.05. The highest BCUT2D eigenvalue weighted by atomic mass is 35.5. The van der Waals surface area contributed by atoms with Crippen molar-refractivity contribution in [3.8, 4) is 0 Å². The van der Waals surface area contributed by atoms with E-state index in [4.69, 9.17) is 23.2 Å². The summed E-state index contributed by atoms with van der Waals surface area (Å²) in [4.78, 5) is 11.7. The molecule has 120 valence electrons. The predicted molar refractivity (Wildman–Crippen MR) is 99.5 cm³/mol. The van der Waals surface area contributed by atoms with E-state index in [0.29, 0.717) is 15.8 Å². The second-order valence-corrected chi connectivity index (χ2v) is 6.75. The number of carbonyl (C=O) groups excluding carboxylic acids is 1. The van der Waals surface area contributed by atoms with E-state index in [9.17, 15) is 4.79 Å². The van der Waals surface area contributed by atoms with Gasteiger partial charge in [0, 0.05) is 5.75 Å². The first kappa shape index (κ1) is 17.9. The number of amides is 1. The Bertz CT molecular complexity index is 702. The Labute approximate surface area is 150 Å². The first-order chi connectivity index (χ1) is 11.0. The second kappa shape index (κ2) is 8.96. The van der Waals surface area contributed by atoms with Crippen molar-refractivity contribution in [2.75, 3.05) is 5.75 Å². The SMILES string of the molecule is Cc1ccc(CSCC(=O)N/N=C/c2ccc(Cl)c(Cl)c2)cc1. The Morgan fingerprint density at radius 2 is 1.91 bits per heavy atom. The number of hydrogen-bond acceptors (Lipinski definition) is 3. The average Bonchev–Trinajstić information content (AvgIpc) is 2.53. The Kier molecular flexibility index (Phi) is 6.96. The Morgan fingerprint density at radius 1 is 1.17 bits per heavy atom. The monoisotopic (exact) mass is 366 g/mol. The number of rotatable bonds is 6. The lowest BCUT2D eigenvalue weighted by molar-refractivity contribution is -0.118. The maximum absolute atomic E-state index is 11.7. The molecule has 0 saturated carbocycles. The van der Waals surface area contributed by atoms with Crippen LogP contribution in [0.25, 0.3) is 0 Å². The fourth-order valence-electron chi connectivity index (χ4n) is 1.75. The summed E-state index contributed by atoms with van der Waals surface area (Å²) >= 11 is 13.3. The third kappa shape index (κ3) is 6.26. The van der Waals surface area contributed by atoms with Crippen LogP contribution >= 0.6 is 35.0 Å². The minimum absolute atomic E-state index is 0.140. The molecule has 0 aliphatic rings. The molecule has 0 aliphatic heterocycles. The van der Waals surface area contributed by atoms with Crippen LogP contribution in [0.15, 0.2) is 47.6 Å². The van der Waals surface area contributed by atoms with Crippen LogP contribution in [-0.4, -0.2) is 17.9 Å². The van der Waals surface area contributed by atoms with E-state index in [-0.39, 0.29) is 5.91 Å². The summed E-state index contributed by atoms with van der Waals surface area (Å²) in [6, 6.07) is 13.4. The number of nitrogens with zero attached hydrogens (tertiary/aromatic N) is 1. The molecule has 23 heavy (non-hydrogen) atoms. The standard InChI is InChI=1S/C17H16Cl2N2OS/c1-12-2-4-13(5-3-12)10-23-11-17(22)21-20-9-14-6-7-15(18)16(19)8-14/h2-9H,10-11H2,1H3,(H,21,22)/b20-9+. The number of carbonyl (C=O) groups is 1. The largest absolute Gasteiger partial charge is 0.272 e. The molecule has 6 heteroatoms. The summed E-state index contributed by atoms with van der Waals surface area (Å²) in [6.07, 6.45) is 1.53. The van der Waals surface area contributed by atoms with Crippen LogP contribution in [0.4, 0.5) is 0 Å². The van der Waals surface area contributed by atoms with Gasteiger partial charge in [-0.2, -0.15) is 5.10 Å². The van der Waals surface area contributed by atoms with Gasteiger partial charge in [-0.1, -0.05) is 59.1 Å². The minimum atomic E-state index is -0.140. The lowest BCUT2D eigenvalue weighted by Gasteiger charge is -2.02. The van der Waals surface area contributed by atoms with E-state index in [1.165, 1.54) is 17.3 Å². The molecule has 0 saturated heterocycles. The van der Waals surface area contributed by atoms with Crippen molar-refractivity contribution >= 4 is 47.1 Å². The Balaban J connectivity index is 1.73. The molecule has 0 aliphatic carbocycles. The molecule has 0 radical (unpaired) electrons. The van der Waals surface area contributed by atoms with Crippen molar-refractivity contribution in [3.05, 3.63) is 69.2 Å². The molecule has 0 atom stereocenters. The highest BCUT2D eigenvalue weighted by Gasteiger charge is 2.01. The van der Waals surface area contributed by atoms with Gasteiger partial charge in [-0.25, -0.2) is 5.43 Å². The molecule has 0 aromatic heterocycles. The molecule has 0 unspecified atom stereocenters. The molecule has 1 N–H and O–H groups in total. The molecule has 3 nitrogen and oxygen atoms in total. The smallest absolute Gasteiger partial charge is 0.250 e. The van der Waals surface area contributed by atoms with Crippen LogP contribution in [0.1, 0.15) is 16.7 Å². The Morgan fingerprint density at radius 3 is 2.61 bits per heavy atom. The molecule has 0 bridgehead atoms. The van der Waals surface area contributed by atoms with Gasteiger partial charge in [-0.05, 0) is 30.2 Å². The van der Waals surface area contributed by atoms with Gasteiger partial charge in [0.05, 0.1) is 22.0 Å². The zero-order chi connectivity index (χ0) is 16.7. The van der Waals surface area contributed by atoms with Gasteiger partial charge in [0.2, 0.25) is 5.91 Å². The van der Waals surface area contributed by atoms with E-state index in [1.54, 1.807) is 30.0 Å². The topological polar surface area (TPSA) is 41.5 Å². The Hall–Kier alpha value is -1.49. The van der Waals surface area contributed by atoms with E-state index in [0.717, 1.165) is 11.3 Å². The molecule has 2 aromatic rings. The molecular weight excluding hydrogens is 351 g/mol. The lowest BCUT2D eigenvalue weighted by atomic mass is 10.2. The maximum atomic E-state index is 11.7. The average molecular weight is 367 g/mol. The molecule has 0 spiro atoms. The quantitative estimate of drug-likeness (QED) is 0.595. The summed E-state index contributed by atoms with van der Waals surface area (Å²) in [5, 5.41) is 4.85. The zero-order valence-corrected chi connectivity index (χ0v) is 14.9. The van der Waals surface area contributed by atoms with Crippen molar-refractivity contribution in [3.63, 3.8) is 0 Å². The zero-order valence-electron chi connectivity index (χ0n) is 12.6. The fourth-order valence-corrected chi connectivity index (χ4v) is 2.84. The van der Waals surface area contributed by atoms with Gasteiger partial charge in [-0.15, -0.1) is 11.8 Å². The summed E-state index contributed by atoms with van der Waals surface area (Å²) in [7, 11) is 0. The molecule has 2 aromatic carbocycles. The van der Waals surface area contributed by atoms with Gasteiger partial charge in [0.1, 0.15) is 0 Å². The number of nitrogens with one attached hydrogen (secondary N) is 1. The number of thioether (sulfide) groups is 1. The van der Waals surface area contributed by atoms with Crippen molar-refractivity contribution in [2.45, 2.75) is 12.7 Å². The molecule has 2 rings (SSSR count). The highest BCUT2D eigenvalue weighted by molar-refractivity contribution is 7.99. The van der Waals surface area contributed by atoms with Gasteiger partial charge < -0.3 is 0 Å². The fraction of sp³-hybridized carbons (Fsp3) is 0.176. The van der Waals surface area contributed by atoms with E-state index < -0.39 is 0 Å². The number of halogens is 2. The third-order valence-corrected chi connectivity index (χ3v) is 4.71. The van der Waals surface area contributed by atoms with Crippen LogP contribution in [0.3, 0.4) is 0 Å². The van der Waals surface area contributed by atoms with Gasteiger partial charge in [0.25, 0.3) is 0 Å². The number of hydrazone groups is 1. The number of benzene rings is 2. The summed E-state index contributed by atoms with van der Waals surface area (Å²) in [5.41, 5.74) is 5.70. The van der Waals surface area contributed by atoms with Crippen LogP contribution in [0, 0.1) is 6.92 Å². The molecule has 0 heterocycles. The first-order valence-corrected chi connectivity index (χ1v) is 8.86. The lowest BCUT2D eigenvalue weighted by Crippen LogP contribution is -2.19. The van der Waals surface area contributed by atoms with Crippen LogP contribution in [0.5, 0.6) is 0 Å². The number of hydrogen-bond donors (Lipinski definition) is 1. The first-order valence-electron chi connectivity index (χ1n) is 6.95. The van der Waals surface area contributed by atoms with Crippen molar-refractivity contribution in [1.82, 2.24) is 5.43 Å². The van der Waals surface area contributed by atoms with Crippen LogP contribution < -0.4 is 5.43 Å². The van der Waals surface area contributed by atoms with Gasteiger partial charge in [0.15, 0.2) is 0 Å². The molecule has 1 amide bonds. The molecule has 0 fully saturated rings. The normalized spacial score (nSPS) is 10.9. The van der Waals surface area contributed by atoms with Crippen molar-refractivity contribution < 1.29 is 4.79 Å². The predicted octanol–water partition coefficient (Wildman–Crippen LogP) is 4.69. The third-order valence-electron chi connectivity index (χ3n) is 2.97. The second-order valence-electron chi connectivity index (χ2n) is 4.95. The summed E-state index contributed by atoms with van der Waals surface area (Å²) < 4.78 is 0. The van der Waals surface area contributed by atoms with Crippen molar-refractivity contribution in [1.29, 1.82) is 0 Å². The van der Waals surface area contributed by atoms with Crippen LogP contribution in [-0.2, 0) is 10.5 Å². The highest BCUT2D eigenvalue weighted by Crippen LogP contribution is 2.21. The van der Waals surface area contributed by atoms with Crippen molar-refractivity contribution in [2.24, 2.45) is 5.10 Å². The van der Waals surface area contributed by atoms with E-state index in [1.807, 2.05) is 0 Å². The van der Waals surface area contributed by atoms with E-state index in [2.05, 4.69) is 41.7 Å². The van der Waals surface area contributed by atoms with Gasteiger partial charge in [-0.3, -0.25) is 4.79 Å². The van der Waals surface area contributed by atoms with Gasteiger partial charge >= 0.3 is 0 Å². The van der Waals surface area contributed by atoms with Crippen LogP contribution in [0.2, 0.25) is 10.0 Å². The summed E-state index contributed by atoms with van der Waals surface area (Å²) in [5.74, 6) is 1.01.